The zero-order chi connectivity index (χ0) is 13.8. The number of oxime groups is 1. The van der Waals surface area contributed by atoms with Gasteiger partial charge in [0.15, 0.2) is 11.5 Å². The van der Waals surface area contributed by atoms with Crippen molar-refractivity contribution in [1.29, 1.82) is 0 Å². The van der Waals surface area contributed by atoms with E-state index in [2.05, 4.69) is 25.9 Å². The molecule has 5 N–H and O–H groups in total. The molecule has 98 valence electrons. The molecule has 8 nitrogen and oxygen atoms in total. The summed E-state index contributed by atoms with van der Waals surface area (Å²) in [5.74, 6) is -1.78. The van der Waals surface area contributed by atoms with Gasteiger partial charge in [-0.2, -0.15) is 15.4 Å². The molecule has 1 aromatic heterocycles. The average molecular weight is 264 g/mol. The van der Waals surface area contributed by atoms with Crippen LogP contribution in [0.25, 0.3) is 0 Å². The Morgan fingerprint density at radius 1 is 1.53 bits per heavy atom. The maximum atomic E-state index is 13.6. The number of hydrogen-bond acceptors (Lipinski definition) is 5. The van der Waals surface area contributed by atoms with Gasteiger partial charge in [-0.15, -0.1) is 0 Å². The molecule has 19 heavy (non-hydrogen) atoms. The lowest BCUT2D eigenvalue weighted by Crippen LogP contribution is -2.20. The van der Waals surface area contributed by atoms with Crippen LogP contribution in [0.3, 0.4) is 0 Å². The standard InChI is InChI=1S/C10H9FN6O2/c11-5-2-1-3-6(8(5)9(12)16-19)14-10(18)7-4-13-17-15-7/h1-4,19H,(H2,12,16)(H,14,18)(H,13,15,17). The van der Waals surface area contributed by atoms with Crippen molar-refractivity contribution in [2.45, 2.75) is 0 Å². The first-order valence-electron chi connectivity index (χ1n) is 5.07. The Labute approximate surface area is 106 Å². The highest BCUT2D eigenvalue weighted by Gasteiger charge is 2.16. The van der Waals surface area contributed by atoms with Gasteiger partial charge < -0.3 is 16.3 Å². The number of hydrogen-bond donors (Lipinski definition) is 4. The third-order valence-corrected chi connectivity index (χ3v) is 2.27. The summed E-state index contributed by atoms with van der Waals surface area (Å²) in [6.45, 7) is 0. The minimum Gasteiger partial charge on any atom is -0.409 e. The van der Waals surface area contributed by atoms with Gasteiger partial charge in [0.25, 0.3) is 5.91 Å². The fourth-order valence-corrected chi connectivity index (χ4v) is 1.44. The Bertz CT molecular complexity index is 625. The van der Waals surface area contributed by atoms with E-state index in [0.717, 1.165) is 6.07 Å². The molecule has 0 saturated heterocycles. The number of nitrogens with one attached hydrogen (secondary N) is 2. The second-order valence-corrected chi connectivity index (χ2v) is 3.46. The highest BCUT2D eigenvalue weighted by molar-refractivity contribution is 6.09. The molecule has 0 atom stereocenters. The Kier molecular flexibility index (Phi) is 3.37. The maximum absolute atomic E-state index is 13.6. The summed E-state index contributed by atoms with van der Waals surface area (Å²) in [6.07, 6.45) is 1.21. The van der Waals surface area contributed by atoms with Crippen LogP contribution in [0.1, 0.15) is 16.1 Å². The summed E-state index contributed by atoms with van der Waals surface area (Å²) in [7, 11) is 0. The monoisotopic (exact) mass is 264 g/mol. The number of nitrogens with zero attached hydrogens (tertiary/aromatic N) is 3. The van der Waals surface area contributed by atoms with Crippen LogP contribution in [0, 0.1) is 5.82 Å². The lowest BCUT2D eigenvalue weighted by Gasteiger charge is -2.09. The van der Waals surface area contributed by atoms with Crippen molar-refractivity contribution in [3.63, 3.8) is 0 Å². The van der Waals surface area contributed by atoms with E-state index in [4.69, 9.17) is 10.9 Å². The van der Waals surface area contributed by atoms with Crippen molar-refractivity contribution in [2.75, 3.05) is 5.32 Å². The Hall–Kier alpha value is -2.97. The van der Waals surface area contributed by atoms with Crippen LogP contribution in [0.2, 0.25) is 0 Å². The Morgan fingerprint density at radius 3 is 2.95 bits per heavy atom. The lowest BCUT2D eigenvalue weighted by molar-refractivity contribution is 0.102. The van der Waals surface area contributed by atoms with Gasteiger partial charge >= 0.3 is 0 Å². The minimum absolute atomic E-state index is 0.0229. The number of aromatic amines is 1. The molecule has 0 aliphatic carbocycles. The fraction of sp³-hybridized carbons (Fsp3) is 0. The molecule has 0 spiro atoms. The van der Waals surface area contributed by atoms with Crippen LogP contribution in [0.5, 0.6) is 0 Å². The first-order valence-corrected chi connectivity index (χ1v) is 5.07. The van der Waals surface area contributed by atoms with Crippen LogP contribution in [0.15, 0.2) is 29.6 Å². The van der Waals surface area contributed by atoms with Gasteiger partial charge in [0.1, 0.15) is 5.82 Å². The SMILES string of the molecule is NC(=NO)c1c(F)cccc1NC(=O)c1cn[nH]n1. The van der Waals surface area contributed by atoms with E-state index in [9.17, 15) is 9.18 Å². The molecule has 0 saturated carbocycles. The molecule has 0 fully saturated rings. The normalized spacial score (nSPS) is 11.3. The van der Waals surface area contributed by atoms with E-state index in [-0.39, 0.29) is 16.9 Å². The summed E-state index contributed by atoms with van der Waals surface area (Å²) < 4.78 is 13.6. The number of H-pyrrole nitrogens is 1. The molecular weight excluding hydrogens is 255 g/mol. The predicted octanol–water partition coefficient (Wildman–Crippen LogP) is 0.291. The number of nitrogens with two attached hydrogens (primary N) is 1. The largest absolute Gasteiger partial charge is 0.409 e. The average Bonchev–Trinajstić information content (AvgIpc) is 2.92. The number of carbonyl (C=O) groups excluding carboxylic acids is 1. The number of carbonyl (C=O) groups is 1. The predicted molar refractivity (Wildman–Crippen MR) is 63.2 cm³/mol. The molecule has 1 heterocycles. The van der Waals surface area contributed by atoms with Gasteiger partial charge in [0.05, 0.1) is 17.4 Å². The second kappa shape index (κ2) is 5.12. The van der Waals surface area contributed by atoms with Crippen LogP contribution >= 0.6 is 0 Å². The smallest absolute Gasteiger partial charge is 0.277 e. The number of anilines is 1. The van der Waals surface area contributed by atoms with E-state index in [1.165, 1.54) is 18.3 Å². The topological polar surface area (TPSA) is 129 Å². The molecule has 0 radical (unpaired) electrons. The third-order valence-electron chi connectivity index (χ3n) is 2.27. The van der Waals surface area contributed by atoms with E-state index in [1.807, 2.05) is 0 Å². The van der Waals surface area contributed by atoms with Crippen molar-refractivity contribution in [1.82, 2.24) is 15.4 Å². The molecule has 2 aromatic rings. The van der Waals surface area contributed by atoms with E-state index >= 15 is 0 Å². The molecule has 0 bridgehead atoms. The Balaban J connectivity index is 2.36. The van der Waals surface area contributed by atoms with E-state index in [1.54, 1.807) is 0 Å². The van der Waals surface area contributed by atoms with Gasteiger partial charge in [-0.1, -0.05) is 11.2 Å². The van der Waals surface area contributed by atoms with E-state index < -0.39 is 17.6 Å². The first kappa shape index (κ1) is 12.5. The molecule has 0 unspecified atom stereocenters. The van der Waals surface area contributed by atoms with Gasteiger partial charge in [-0.05, 0) is 12.1 Å². The molecular formula is C10H9FN6O2. The summed E-state index contributed by atoms with van der Waals surface area (Å²) in [5, 5.41) is 23.1. The van der Waals surface area contributed by atoms with Gasteiger partial charge in [0, 0.05) is 0 Å². The third kappa shape index (κ3) is 2.49. The van der Waals surface area contributed by atoms with Crippen molar-refractivity contribution in [3.05, 3.63) is 41.5 Å². The number of amidine groups is 1. The summed E-state index contributed by atoms with van der Waals surface area (Å²) in [5.41, 5.74) is 5.24. The number of rotatable bonds is 3. The molecule has 1 aromatic carbocycles. The summed E-state index contributed by atoms with van der Waals surface area (Å²) in [4.78, 5) is 11.8. The first-order chi connectivity index (χ1) is 9.13. The van der Waals surface area contributed by atoms with Crippen molar-refractivity contribution in [2.24, 2.45) is 10.9 Å². The molecule has 0 aliphatic heterocycles. The zero-order valence-electron chi connectivity index (χ0n) is 9.46. The number of amides is 1. The fourth-order valence-electron chi connectivity index (χ4n) is 1.44. The number of benzene rings is 1. The Morgan fingerprint density at radius 2 is 2.32 bits per heavy atom. The summed E-state index contributed by atoms with van der Waals surface area (Å²) in [6, 6.07) is 3.91. The lowest BCUT2D eigenvalue weighted by atomic mass is 10.1. The van der Waals surface area contributed by atoms with Crippen LogP contribution in [0.4, 0.5) is 10.1 Å². The zero-order valence-corrected chi connectivity index (χ0v) is 9.46. The van der Waals surface area contributed by atoms with Gasteiger partial charge in [0.2, 0.25) is 0 Å². The van der Waals surface area contributed by atoms with Crippen LogP contribution < -0.4 is 11.1 Å². The van der Waals surface area contributed by atoms with Gasteiger partial charge in [-0.25, -0.2) is 4.39 Å². The van der Waals surface area contributed by atoms with Crippen LogP contribution in [-0.2, 0) is 0 Å². The molecule has 0 aliphatic rings. The quantitative estimate of drug-likeness (QED) is 0.274. The molecule has 2 rings (SSSR count). The molecule has 9 heteroatoms. The maximum Gasteiger partial charge on any atom is 0.277 e. The van der Waals surface area contributed by atoms with Crippen molar-refractivity contribution >= 4 is 17.4 Å². The number of aromatic nitrogens is 3. The minimum atomic E-state index is -0.728. The van der Waals surface area contributed by atoms with Gasteiger partial charge in [-0.3, -0.25) is 4.79 Å². The van der Waals surface area contributed by atoms with Crippen LogP contribution in [-0.4, -0.2) is 32.4 Å². The van der Waals surface area contributed by atoms with Crippen molar-refractivity contribution < 1.29 is 14.4 Å². The second-order valence-electron chi connectivity index (χ2n) is 3.46. The summed E-state index contributed by atoms with van der Waals surface area (Å²) >= 11 is 0. The number of halogens is 1. The highest BCUT2D eigenvalue weighted by Crippen LogP contribution is 2.19. The van der Waals surface area contributed by atoms with Crippen molar-refractivity contribution in [3.8, 4) is 0 Å². The van der Waals surface area contributed by atoms with E-state index in [0.29, 0.717) is 0 Å². The molecule has 1 amide bonds. The highest BCUT2D eigenvalue weighted by atomic mass is 19.1.